The van der Waals surface area contributed by atoms with Gasteiger partial charge in [-0.2, -0.15) is 0 Å². The van der Waals surface area contributed by atoms with E-state index in [9.17, 15) is 14.3 Å². The van der Waals surface area contributed by atoms with Crippen molar-refractivity contribution in [3.63, 3.8) is 0 Å². The molecule has 0 atom stereocenters. The highest BCUT2D eigenvalue weighted by Crippen LogP contribution is 2.22. The van der Waals surface area contributed by atoms with Crippen LogP contribution in [0.4, 0.5) is 4.39 Å². The van der Waals surface area contributed by atoms with Crippen LogP contribution in [0.2, 0.25) is 0 Å². The molecule has 94 valence electrons. The van der Waals surface area contributed by atoms with Crippen LogP contribution in [0.3, 0.4) is 0 Å². The molecule has 3 nitrogen and oxygen atoms in total. The smallest absolute Gasteiger partial charge is 0.260 e. The molecular formula is C12H15ClFNO2. The highest BCUT2D eigenvalue weighted by Gasteiger charge is 2.24. The number of phenols is 1. The Bertz CT molecular complexity index is 389. The van der Waals surface area contributed by atoms with Gasteiger partial charge in [0.25, 0.3) is 5.91 Å². The van der Waals surface area contributed by atoms with Crippen LogP contribution in [0, 0.1) is 5.82 Å². The van der Waals surface area contributed by atoms with Crippen molar-refractivity contribution in [1.82, 2.24) is 4.90 Å². The topological polar surface area (TPSA) is 40.5 Å². The molecule has 1 N–H and O–H groups in total. The second-order valence-corrected chi connectivity index (χ2v) is 4.29. The molecule has 0 aliphatic carbocycles. The van der Waals surface area contributed by atoms with Crippen molar-refractivity contribution in [2.24, 2.45) is 0 Å². The van der Waals surface area contributed by atoms with Crippen LogP contribution in [-0.4, -0.2) is 34.4 Å². The number of alkyl halides is 1. The van der Waals surface area contributed by atoms with E-state index in [0.29, 0.717) is 6.54 Å². The molecule has 0 heterocycles. The highest BCUT2D eigenvalue weighted by atomic mass is 35.5. The SMILES string of the molecule is CC(C)N(CCCl)C(=O)c1c(O)cccc1F. The molecule has 0 fully saturated rings. The van der Waals surface area contributed by atoms with Crippen molar-refractivity contribution in [1.29, 1.82) is 0 Å². The van der Waals surface area contributed by atoms with Crippen LogP contribution < -0.4 is 0 Å². The van der Waals surface area contributed by atoms with E-state index in [1.807, 2.05) is 13.8 Å². The van der Waals surface area contributed by atoms with Crippen molar-refractivity contribution in [2.75, 3.05) is 12.4 Å². The lowest BCUT2D eigenvalue weighted by molar-refractivity contribution is 0.0710. The van der Waals surface area contributed by atoms with E-state index in [4.69, 9.17) is 11.6 Å². The van der Waals surface area contributed by atoms with E-state index >= 15 is 0 Å². The number of nitrogens with zero attached hydrogens (tertiary/aromatic N) is 1. The molecule has 0 saturated carbocycles. The Hall–Kier alpha value is -1.29. The summed E-state index contributed by atoms with van der Waals surface area (Å²) in [5.74, 6) is -1.36. The zero-order valence-electron chi connectivity index (χ0n) is 9.78. The second-order valence-electron chi connectivity index (χ2n) is 3.92. The average molecular weight is 260 g/mol. The Balaban J connectivity index is 3.09. The first kappa shape index (κ1) is 13.8. The van der Waals surface area contributed by atoms with Gasteiger partial charge in [0, 0.05) is 18.5 Å². The first-order valence-corrected chi connectivity index (χ1v) is 5.87. The summed E-state index contributed by atoms with van der Waals surface area (Å²) in [6.45, 7) is 3.93. The number of hydrogen-bond donors (Lipinski definition) is 1. The van der Waals surface area contributed by atoms with Gasteiger partial charge in [0.15, 0.2) is 0 Å². The first-order valence-electron chi connectivity index (χ1n) is 5.33. The fourth-order valence-corrected chi connectivity index (χ4v) is 1.74. The molecule has 0 aromatic heterocycles. The number of halogens is 2. The third-order valence-electron chi connectivity index (χ3n) is 2.42. The number of carbonyl (C=O) groups is 1. The van der Waals surface area contributed by atoms with Crippen LogP contribution in [-0.2, 0) is 0 Å². The normalized spacial score (nSPS) is 10.6. The Kier molecular flexibility index (Phi) is 4.75. The molecule has 0 radical (unpaired) electrons. The highest BCUT2D eigenvalue weighted by molar-refractivity contribution is 6.18. The summed E-state index contributed by atoms with van der Waals surface area (Å²) in [6, 6.07) is 3.67. The van der Waals surface area contributed by atoms with Crippen molar-refractivity contribution < 1.29 is 14.3 Å². The molecule has 5 heteroatoms. The summed E-state index contributed by atoms with van der Waals surface area (Å²) in [4.78, 5) is 13.5. The van der Waals surface area contributed by atoms with E-state index in [1.54, 1.807) is 0 Å². The fourth-order valence-electron chi connectivity index (χ4n) is 1.55. The average Bonchev–Trinajstić information content (AvgIpc) is 2.24. The van der Waals surface area contributed by atoms with Crippen LogP contribution in [0.25, 0.3) is 0 Å². The number of phenolic OH excluding ortho intramolecular Hbond substituents is 1. The zero-order valence-corrected chi connectivity index (χ0v) is 10.5. The lowest BCUT2D eigenvalue weighted by Gasteiger charge is -2.26. The maximum atomic E-state index is 13.5. The van der Waals surface area contributed by atoms with Crippen molar-refractivity contribution in [2.45, 2.75) is 19.9 Å². The number of benzene rings is 1. The van der Waals surface area contributed by atoms with Gasteiger partial charge in [-0.25, -0.2) is 4.39 Å². The van der Waals surface area contributed by atoms with Gasteiger partial charge in [-0.15, -0.1) is 11.6 Å². The van der Waals surface area contributed by atoms with Gasteiger partial charge >= 0.3 is 0 Å². The molecule has 17 heavy (non-hydrogen) atoms. The van der Waals surface area contributed by atoms with Crippen LogP contribution in [0.1, 0.15) is 24.2 Å². The molecule has 0 bridgehead atoms. The number of rotatable bonds is 4. The van der Waals surface area contributed by atoms with Crippen molar-refractivity contribution in [3.05, 3.63) is 29.6 Å². The monoisotopic (exact) mass is 259 g/mol. The van der Waals surface area contributed by atoms with E-state index in [2.05, 4.69) is 0 Å². The molecule has 1 amide bonds. The number of hydrogen-bond acceptors (Lipinski definition) is 2. The quantitative estimate of drug-likeness (QED) is 0.845. The summed E-state index contributed by atoms with van der Waals surface area (Å²) < 4.78 is 13.5. The van der Waals surface area contributed by atoms with Gasteiger partial charge in [-0.3, -0.25) is 4.79 Å². The number of aromatic hydroxyl groups is 1. The Morgan fingerprint density at radius 1 is 1.53 bits per heavy atom. The molecule has 1 aromatic rings. The van der Waals surface area contributed by atoms with Gasteiger partial charge in [0.1, 0.15) is 17.1 Å². The van der Waals surface area contributed by atoms with Crippen LogP contribution in [0.5, 0.6) is 5.75 Å². The molecule has 1 rings (SSSR count). The third kappa shape index (κ3) is 3.09. The molecular weight excluding hydrogens is 245 g/mol. The zero-order chi connectivity index (χ0) is 13.0. The minimum Gasteiger partial charge on any atom is -0.507 e. The van der Waals surface area contributed by atoms with Gasteiger partial charge in [-0.05, 0) is 26.0 Å². The van der Waals surface area contributed by atoms with Crippen molar-refractivity contribution in [3.8, 4) is 5.75 Å². The van der Waals surface area contributed by atoms with Crippen LogP contribution in [0.15, 0.2) is 18.2 Å². The summed E-state index contributed by atoms with van der Waals surface area (Å²) in [5.41, 5.74) is -0.300. The lowest BCUT2D eigenvalue weighted by atomic mass is 10.1. The standard InChI is InChI=1S/C12H15ClFNO2/c1-8(2)15(7-6-13)12(17)11-9(14)4-3-5-10(11)16/h3-5,8,16H,6-7H2,1-2H3. The van der Waals surface area contributed by atoms with Gasteiger partial charge < -0.3 is 10.0 Å². The minimum atomic E-state index is -0.727. The molecule has 0 aliphatic heterocycles. The molecule has 0 unspecified atom stereocenters. The Morgan fingerprint density at radius 3 is 2.65 bits per heavy atom. The molecule has 0 saturated heterocycles. The molecule has 1 aromatic carbocycles. The second kappa shape index (κ2) is 5.87. The van der Waals surface area contributed by atoms with E-state index in [1.165, 1.54) is 17.0 Å². The van der Waals surface area contributed by atoms with E-state index in [-0.39, 0.29) is 23.2 Å². The van der Waals surface area contributed by atoms with Crippen molar-refractivity contribution >= 4 is 17.5 Å². The van der Waals surface area contributed by atoms with Gasteiger partial charge in [0.05, 0.1) is 0 Å². The third-order valence-corrected chi connectivity index (χ3v) is 2.58. The van der Waals surface area contributed by atoms with E-state index in [0.717, 1.165) is 6.07 Å². The number of amides is 1. The summed E-state index contributed by atoms with van der Waals surface area (Å²) in [7, 11) is 0. The molecule has 0 aliphatic rings. The Morgan fingerprint density at radius 2 is 2.18 bits per heavy atom. The van der Waals surface area contributed by atoms with E-state index < -0.39 is 11.7 Å². The maximum Gasteiger partial charge on any atom is 0.260 e. The maximum absolute atomic E-state index is 13.5. The predicted octanol–water partition coefficient (Wildman–Crippen LogP) is 2.62. The Labute approximate surface area is 105 Å². The predicted molar refractivity (Wildman–Crippen MR) is 65.0 cm³/mol. The minimum absolute atomic E-state index is 0.111. The summed E-state index contributed by atoms with van der Waals surface area (Å²) in [5, 5.41) is 9.54. The number of carbonyl (C=O) groups excluding carboxylic acids is 1. The van der Waals surface area contributed by atoms with Gasteiger partial charge in [0.2, 0.25) is 0 Å². The van der Waals surface area contributed by atoms with Crippen LogP contribution >= 0.6 is 11.6 Å². The molecule has 0 spiro atoms. The van der Waals surface area contributed by atoms with Gasteiger partial charge in [-0.1, -0.05) is 6.07 Å². The first-order chi connectivity index (χ1) is 7.99. The largest absolute Gasteiger partial charge is 0.507 e. The summed E-state index contributed by atoms with van der Waals surface area (Å²) >= 11 is 5.60. The fraction of sp³-hybridized carbons (Fsp3) is 0.417. The lowest BCUT2D eigenvalue weighted by Crippen LogP contribution is -2.38. The summed E-state index contributed by atoms with van der Waals surface area (Å²) in [6.07, 6.45) is 0.